The zero-order valence-corrected chi connectivity index (χ0v) is 19.6. The van der Waals surface area contributed by atoms with Gasteiger partial charge >= 0.3 is 0 Å². The summed E-state index contributed by atoms with van der Waals surface area (Å²) in [7, 11) is 0. The first kappa shape index (κ1) is 23.1. The Morgan fingerprint density at radius 2 is 1.48 bits per heavy atom. The molecule has 0 bridgehead atoms. The van der Waals surface area contributed by atoms with Crippen molar-refractivity contribution in [2.45, 2.75) is 0 Å². The van der Waals surface area contributed by atoms with Gasteiger partial charge in [-0.2, -0.15) is 0 Å². The number of nitrogens with zero attached hydrogens (tertiary/aromatic N) is 1. The quantitative estimate of drug-likeness (QED) is 0.385. The van der Waals surface area contributed by atoms with Crippen LogP contribution >= 0.6 is 46.4 Å². The summed E-state index contributed by atoms with van der Waals surface area (Å²) in [6, 6.07) is 17.3. The summed E-state index contributed by atoms with van der Waals surface area (Å²) in [4.78, 5) is 38.9. The van der Waals surface area contributed by atoms with Crippen molar-refractivity contribution < 1.29 is 14.4 Å². The highest BCUT2D eigenvalue weighted by Crippen LogP contribution is 2.31. The Morgan fingerprint density at radius 3 is 2.15 bits per heavy atom. The molecule has 3 amide bonds. The fourth-order valence-electron chi connectivity index (χ4n) is 3.10. The molecule has 3 aromatic rings. The Kier molecular flexibility index (Phi) is 6.63. The van der Waals surface area contributed by atoms with Gasteiger partial charge in [-0.25, -0.2) is 4.90 Å². The van der Waals surface area contributed by atoms with Crippen molar-refractivity contribution in [2.75, 3.05) is 15.5 Å². The summed E-state index contributed by atoms with van der Waals surface area (Å²) in [5, 5.41) is 6.44. The largest absolute Gasteiger partial charge is 0.350 e. The van der Waals surface area contributed by atoms with Crippen LogP contribution in [0.5, 0.6) is 0 Å². The van der Waals surface area contributed by atoms with Crippen molar-refractivity contribution in [3.05, 3.63) is 98.1 Å². The van der Waals surface area contributed by atoms with E-state index in [9.17, 15) is 14.4 Å². The summed E-state index contributed by atoms with van der Waals surface area (Å²) in [5.41, 5.74) is 1.45. The molecule has 2 N–H and O–H groups in total. The highest BCUT2D eigenvalue weighted by atomic mass is 35.5. The number of amides is 3. The van der Waals surface area contributed by atoms with Crippen LogP contribution in [0.4, 0.5) is 17.1 Å². The van der Waals surface area contributed by atoms with Gasteiger partial charge in [-0.05, 0) is 60.7 Å². The first-order valence-electron chi connectivity index (χ1n) is 9.42. The molecule has 4 rings (SSSR count). The number of imide groups is 1. The van der Waals surface area contributed by atoms with Crippen molar-refractivity contribution in [3.63, 3.8) is 0 Å². The first-order valence-corrected chi connectivity index (χ1v) is 10.9. The van der Waals surface area contributed by atoms with Crippen LogP contribution in [-0.4, -0.2) is 17.7 Å². The van der Waals surface area contributed by atoms with Gasteiger partial charge in [-0.15, -0.1) is 0 Å². The van der Waals surface area contributed by atoms with E-state index in [4.69, 9.17) is 46.4 Å². The molecule has 0 atom stereocenters. The van der Waals surface area contributed by atoms with Gasteiger partial charge in [0.2, 0.25) is 0 Å². The van der Waals surface area contributed by atoms with E-state index in [1.807, 2.05) is 0 Å². The minimum absolute atomic E-state index is 0.0770. The minimum atomic E-state index is -0.665. The molecule has 0 aliphatic carbocycles. The summed E-state index contributed by atoms with van der Waals surface area (Å²) in [6.45, 7) is 0. The van der Waals surface area contributed by atoms with Crippen LogP contribution in [0, 0.1) is 0 Å². The third kappa shape index (κ3) is 4.84. The smallest absolute Gasteiger partial charge is 0.283 e. The van der Waals surface area contributed by atoms with Crippen LogP contribution in [0.3, 0.4) is 0 Å². The molecule has 0 unspecified atom stereocenters. The van der Waals surface area contributed by atoms with Gasteiger partial charge in [0.1, 0.15) is 10.7 Å². The van der Waals surface area contributed by atoms with Crippen LogP contribution in [-0.2, 0) is 9.59 Å². The van der Waals surface area contributed by atoms with Crippen LogP contribution in [0.2, 0.25) is 15.1 Å². The van der Waals surface area contributed by atoms with Crippen LogP contribution in [0.1, 0.15) is 10.4 Å². The van der Waals surface area contributed by atoms with E-state index in [0.717, 1.165) is 4.90 Å². The maximum Gasteiger partial charge on any atom is 0.283 e. The molecule has 0 fully saturated rings. The zero-order valence-electron chi connectivity index (χ0n) is 16.5. The number of rotatable bonds is 5. The predicted molar refractivity (Wildman–Crippen MR) is 131 cm³/mol. The first-order chi connectivity index (χ1) is 15.7. The van der Waals surface area contributed by atoms with Crippen LogP contribution < -0.4 is 15.5 Å². The van der Waals surface area contributed by atoms with Crippen molar-refractivity contribution in [2.24, 2.45) is 0 Å². The van der Waals surface area contributed by atoms with E-state index in [-0.39, 0.29) is 16.6 Å². The number of benzene rings is 3. The van der Waals surface area contributed by atoms with E-state index in [1.165, 1.54) is 12.1 Å². The Balaban J connectivity index is 1.49. The fraction of sp³-hybridized carbons (Fsp3) is 0. The lowest BCUT2D eigenvalue weighted by molar-refractivity contribution is -0.120. The lowest BCUT2D eigenvalue weighted by Crippen LogP contribution is -2.32. The molecule has 3 aromatic carbocycles. The average molecular weight is 521 g/mol. The van der Waals surface area contributed by atoms with Gasteiger partial charge in [0, 0.05) is 21.3 Å². The molecule has 1 heterocycles. The number of hydrogen-bond acceptors (Lipinski definition) is 4. The van der Waals surface area contributed by atoms with Crippen LogP contribution in [0.25, 0.3) is 0 Å². The van der Waals surface area contributed by atoms with Crippen molar-refractivity contribution in [3.8, 4) is 0 Å². The molecule has 0 saturated heterocycles. The summed E-state index contributed by atoms with van der Waals surface area (Å²) in [6.07, 6.45) is 0. The lowest BCUT2D eigenvalue weighted by atomic mass is 10.2. The Morgan fingerprint density at radius 1 is 0.788 bits per heavy atom. The third-order valence-corrected chi connectivity index (χ3v) is 5.82. The van der Waals surface area contributed by atoms with Gasteiger partial charge < -0.3 is 10.6 Å². The molecule has 1 aliphatic heterocycles. The molecular weight excluding hydrogens is 508 g/mol. The van der Waals surface area contributed by atoms with Gasteiger partial charge in [0.15, 0.2) is 0 Å². The highest BCUT2D eigenvalue weighted by Gasteiger charge is 2.39. The third-order valence-electron chi connectivity index (χ3n) is 4.69. The average Bonchev–Trinajstić information content (AvgIpc) is 2.99. The topological polar surface area (TPSA) is 78.5 Å². The van der Waals surface area contributed by atoms with E-state index >= 15 is 0 Å². The van der Waals surface area contributed by atoms with E-state index < -0.39 is 11.8 Å². The molecule has 1 aliphatic rings. The molecule has 0 saturated carbocycles. The molecule has 0 spiro atoms. The number of carbonyl (C=O) groups is 3. The minimum Gasteiger partial charge on any atom is -0.350 e. The lowest BCUT2D eigenvalue weighted by Gasteiger charge is -2.15. The van der Waals surface area contributed by atoms with Crippen molar-refractivity contribution in [1.29, 1.82) is 0 Å². The highest BCUT2D eigenvalue weighted by molar-refractivity contribution is 6.53. The normalized spacial score (nSPS) is 13.5. The zero-order chi connectivity index (χ0) is 23.7. The standard InChI is InChI=1S/C23H13Cl4N3O3/c24-13-2-1-3-16(10-13)30-22(32)19(27)20(23(30)33)28-15-7-4-12(5-8-15)21(31)29-18-9-6-14(25)11-17(18)26/h1-11,28H,(H,29,31). The van der Waals surface area contributed by atoms with E-state index in [0.29, 0.717) is 37.7 Å². The SMILES string of the molecule is O=C(Nc1ccc(Cl)cc1Cl)c1ccc(NC2=C(Cl)C(=O)N(c3cccc(Cl)c3)C2=O)cc1. The molecular formula is C23H13Cl4N3O3. The number of nitrogens with one attached hydrogen (secondary N) is 2. The van der Waals surface area contributed by atoms with Gasteiger partial charge in [-0.1, -0.05) is 52.5 Å². The molecule has 166 valence electrons. The molecule has 6 nitrogen and oxygen atoms in total. The second-order valence-electron chi connectivity index (χ2n) is 6.90. The molecule has 33 heavy (non-hydrogen) atoms. The van der Waals surface area contributed by atoms with Gasteiger partial charge in [0.05, 0.1) is 16.4 Å². The predicted octanol–water partition coefficient (Wildman–Crippen LogP) is 6.33. The monoisotopic (exact) mass is 519 g/mol. The maximum atomic E-state index is 12.8. The van der Waals surface area contributed by atoms with Gasteiger partial charge in [-0.3, -0.25) is 14.4 Å². The summed E-state index contributed by atoms with van der Waals surface area (Å²) in [5.74, 6) is -1.67. The molecule has 0 radical (unpaired) electrons. The second-order valence-corrected chi connectivity index (χ2v) is 8.55. The maximum absolute atomic E-state index is 12.8. The fourth-order valence-corrected chi connectivity index (χ4v) is 3.95. The number of anilines is 3. The Hall–Kier alpha value is -3.03. The van der Waals surface area contributed by atoms with E-state index in [2.05, 4.69) is 10.6 Å². The summed E-state index contributed by atoms with van der Waals surface area (Å²) >= 11 is 24.1. The number of carbonyl (C=O) groups excluding carboxylic acids is 3. The number of halogens is 4. The summed E-state index contributed by atoms with van der Waals surface area (Å²) < 4.78 is 0. The van der Waals surface area contributed by atoms with Crippen molar-refractivity contribution in [1.82, 2.24) is 0 Å². The molecule has 10 heteroatoms. The second kappa shape index (κ2) is 9.45. The molecule has 0 aromatic heterocycles. The number of hydrogen-bond donors (Lipinski definition) is 2. The Bertz CT molecular complexity index is 1320. The van der Waals surface area contributed by atoms with Crippen molar-refractivity contribution >= 4 is 81.2 Å². The van der Waals surface area contributed by atoms with Crippen LogP contribution in [0.15, 0.2) is 77.5 Å². The Labute approximate surface area is 208 Å². The van der Waals surface area contributed by atoms with Gasteiger partial charge in [0.25, 0.3) is 17.7 Å². The van der Waals surface area contributed by atoms with E-state index in [1.54, 1.807) is 54.6 Å².